The molecule has 1 aliphatic heterocycles. The van der Waals surface area contributed by atoms with Crippen LogP contribution in [0.1, 0.15) is 5.56 Å². The predicted octanol–water partition coefficient (Wildman–Crippen LogP) is 2.33. The Hall–Kier alpha value is -0.870. The maximum Gasteiger partial charge on any atom is 0.0926 e. The minimum atomic E-state index is 0.749. The van der Waals surface area contributed by atoms with Crippen LogP contribution in [-0.4, -0.2) is 22.9 Å². The third-order valence-corrected chi connectivity index (χ3v) is 4.00. The smallest absolute Gasteiger partial charge is 0.0926 e. The number of fused-ring (bicyclic) bond motifs is 1. The SMILES string of the molecule is Cc1cc2nn(CC3CNC3)cc2cc1Br. The van der Waals surface area contributed by atoms with Gasteiger partial charge in [0.05, 0.1) is 5.52 Å². The van der Waals surface area contributed by atoms with Crippen molar-refractivity contribution in [2.45, 2.75) is 13.5 Å². The van der Waals surface area contributed by atoms with Crippen molar-refractivity contribution in [3.8, 4) is 0 Å². The van der Waals surface area contributed by atoms with Gasteiger partial charge in [0.25, 0.3) is 0 Å². The molecule has 0 amide bonds. The molecule has 1 saturated heterocycles. The third-order valence-electron chi connectivity index (χ3n) is 3.14. The first-order chi connectivity index (χ1) is 7.72. The van der Waals surface area contributed by atoms with Gasteiger partial charge in [-0.3, -0.25) is 4.68 Å². The maximum atomic E-state index is 4.60. The lowest BCUT2D eigenvalue weighted by molar-refractivity contribution is 0.296. The molecule has 1 aliphatic rings. The average molecular weight is 280 g/mol. The Labute approximate surface area is 103 Å². The monoisotopic (exact) mass is 279 g/mol. The molecule has 1 aromatic carbocycles. The molecule has 4 heteroatoms. The van der Waals surface area contributed by atoms with E-state index in [1.165, 1.54) is 10.9 Å². The second-order valence-corrected chi connectivity index (χ2v) is 5.39. The van der Waals surface area contributed by atoms with Gasteiger partial charge in [0.15, 0.2) is 0 Å². The third kappa shape index (κ3) is 1.76. The van der Waals surface area contributed by atoms with E-state index in [2.05, 4.69) is 56.3 Å². The molecule has 1 N–H and O–H groups in total. The van der Waals surface area contributed by atoms with Crippen LogP contribution in [0.5, 0.6) is 0 Å². The standard InChI is InChI=1S/C12H14BrN3/c1-8-2-12-10(3-11(8)13)7-16(15-12)6-9-4-14-5-9/h2-3,7,9,14H,4-6H2,1H3. The fourth-order valence-corrected chi connectivity index (χ4v) is 2.40. The van der Waals surface area contributed by atoms with Gasteiger partial charge in [0.2, 0.25) is 0 Å². The number of benzene rings is 1. The molecule has 3 rings (SSSR count). The number of rotatable bonds is 2. The molecular weight excluding hydrogens is 266 g/mol. The van der Waals surface area contributed by atoms with Crippen molar-refractivity contribution in [2.24, 2.45) is 5.92 Å². The van der Waals surface area contributed by atoms with Crippen LogP contribution in [0, 0.1) is 12.8 Å². The molecule has 0 saturated carbocycles. The van der Waals surface area contributed by atoms with E-state index in [4.69, 9.17) is 0 Å². The lowest BCUT2D eigenvalue weighted by Gasteiger charge is -2.26. The summed E-state index contributed by atoms with van der Waals surface area (Å²) in [7, 11) is 0. The lowest BCUT2D eigenvalue weighted by atomic mass is 10.0. The highest BCUT2D eigenvalue weighted by molar-refractivity contribution is 9.10. The Balaban J connectivity index is 1.95. The predicted molar refractivity (Wildman–Crippen MR) is 68.5 cm³/mol. The van der Waals surface area contributed by atoms with E-state index in [1.54, 1.807) is 0 Å². The van der Waals surface area contributed by atoms with E-state index in [0.29, 0.717) is 0 Å². The van der Waals surface area contributed by atoms with Crippen LogP contribution in [0.3, 0.4) is 0 Å². The first-order valence-corrected chi connectivity index (χ1v) is 6.36. The summed E-state index contributed by atoms with van der Waals surface area (Å²) < 4.78 is 3.23. The molecule has 0 spiro atoms. The van der Waals surface area contributed by atoms with Crippen LogP contribution >= 0.6 is 15.9 Å². The van der Waals surface area contributed by atoms with Crippen LogP contribution in [-0.2, 0) is 6.54 Å². The quantitative estimate of drug-likeness (QED) is 0.915. The Morgan fingerprint density at radius 3 is 3.00 bits per heavy atom. The number of aryl methyl sites for hydroxylation is 1. The van der Waals surface area contributed by atoms with Crippen molar-refractivity contribution < 1.29 is 0 Å². The molecule has 0 aliphatic carbocycles. The van der Waals surface area contributed by atoms with Crippen LogP contribution < -0.4 is 5.32 Å². The van der Waals surface area contributed by atoms with Gasteiger partial charge in [0, 0.05) is 41.6 Å². The molecule has 0 bridgehead atoms. The molecule has 0 radical (unpaired) electrons. The summed E-state index contributed by atoms with van der Waals surface area (Å²) in [6, 6.07) is 4.28. The van der Waals surface area contributed by atoms with Crippen LogP contribution in [0.25, 0.3) is 10.9 Å². The van der Waals surface area contributed by atoms with Crippen molar-refractivity contribution in [3.05, 3.63) is 28.4 Å². The molecule has 0 atom stereocenters. The van der Waals surface area contributed by atoms with Gasteiger partial charge in [0.1, 0.15) is 0 Å². The van der Waals surface area contributed by atoms with Crippen LogP contribution in [0.15, 0.2) is 22.8 Å². The number of halogens is 1. The van der Waals surface area contributed by atoms with E-state index in [9.17, 15) is 0 Å². The zero-order valence-corrected chi connectivity index (χ0v) is 10.8. The largest absolute Gasteiger partial charge is 0.316 e. The molecule has 84 valence electrons. The van der Waals surface area contributed by atoms with Gasteiger partial charge >= 0.3 is 0 Å². The van der Waals surface area contributed by atoms with Gasteiger partial charge in [-0.15, -0.1) is 0 Å². The fourth-order valence-electron chi connectivity index (χ4n) is 2.04. The van der Waals surface area contributed by atoms with E-state index in [0.717, 1.165) is 35.5 Å². The summed E-state index contributed by atoms with van der Waals surface area (Å²) in [5, 5.41) is 9.10. The van der Waals surface area contributed by atoms with Gasteiger partial charge in [-0.05, 0) is 24.6 Å². The van der Waals surface area contributed by atoms with Crippen LogP contribution in [0.4, 0.5) is 0 Å². The summed E-state index contributed by atoms with van der Waals surface area (Å²) in [6.07, 6.45) is 2.14. The molecule has 2 heterocycles. The van der Waals surface area contributed by atoms with Crippen molar-refractivity contribution in [1.82, 2.24) is 15.1 Å². The average Bonchev–Trinajstić information content (AvgIpc) is 2.54. The van der Waals surface area contributed by atoms with E-state index in [1.807, 2.05) is 0 Å². The summed E-state index contributed by atoms with van der Waals surface area (Å²) >= 11 is 3.55. The molecule has 1 fully saturated rings. The van der Waals surface area contributed by atoms with Crippen LogP contribution in [0.2, 0.25) is 0 Å². The van der Waals surface area contributed by atoms with Crippen molar-refractivity contribution >= 4 is 26.8 Å². The van der Waals surface area contributed by atoms with Crippen molar-refractivity contribution in [1.29, 1.82) is 0 Å². The number of nitrogens with zero attached hydrogens (tertiary/aromatic N) is 2. The summed E-state index contributed by atoms with van der Waals surface area (Å²) in [5.41, 5.74) is 2.33. The van der Waals surface area contributed by atoms with E-state index < -0.39 is 0 Å². The van der Waals surface area contributed by atoms with Gasteiger partial charge in [-0.25, -0.2) is 0 Å². The van der Waals surface area contributed by atoms with Gasteiger partial charge in [-0.1, -0.05) is 15.9 Å². The Kier molecular flexibility index (Phi) is 2.48. The first-order valence-electron chi connectivity index (χ1n) is 5.56. The molecule has 1 aromatic heterocycles. The molecular formula is C12H14BrN3. The van der Waals surface area contributed by atoms with Crippen molar-refractivity contribution in [3.63, 3.8) is 0 Å². The summed E-state index contributed by atoms with van der Waals surface area (Å²) in [6.45, 7) is 5.37. The van der Waals surface area contributed by atoms with Gasteiger partial charge in [-0.2, -0.15) is 5.10 Å². The highest BCUT2D eigenvalue weighted by atomic mass is 79.9. The topological polar surface area (TPSA) is 29.9 Å². The number of hydrogen-bond acceptors (Lipinski definition) is 2. The zero-order chi connectivity index (χ0) is 11.1. The van der Waals surface area contributed by atoms with E-state index in [-0.39, 0.29) is 0 Å². The number of aromatic nitrogens is 2. The normalized spacial score (nSPS) is 16.6. The molecule has 0 unspecified atom stereocenters. The highest BCUT2D eigenvalue weighted by Gasteiger charge is 2.17. The Morgan fingerprint density at radius 1 is 1.50 bits per heavy atom. The fraction of sp³-hybridized carbons (Fsp3) is 0.417. The maximum absolute atomic E-state index is 4.60. The second kappa shape index (κ2) is 3.86. The number of hydrogen-bond donors (Lipinski definition) is 1. The Morgan fingerprint density at radius 2 is 2.31 bits per heavy atom. The summed E-state index contributed by atoms with van der Waals surface area (Å²) in [4.78, 5) is 0. The number of nitrogens with one attached hydrogen (secondary N) is 1. The minimum Gasteiger partial charge on any atom is -0.316 e. The molecule has 16 heavy (non-hydrogen) atoms. The van der Waals surface area contributed by atoms with Crippen molar-refractivity contribution in [2.75, 3.05) is 13.1 Å². The summed E-state index contributed by atoms with van der Waals surface area (Å²) in [5.74, 6) is 0.749. The Bertz CT molecular complexity index is 489. The lowest BCUT2D eigenvalue weighted by Crippen LogP contribution is -2.44. The van der Waals surface area contributed by atoms with Gasteiger partial charge < -0.3 is 5.32 Å². The molecule has 3 nitrogen and oxygen atoms in total. The molecule has 2 aromatic rings. The highest BCUT2D eigenvalue weighted by Crippen LogP contribution is 2.23. The first kappa shape index (κ1) is 10.3. The van der Waals surface area contributed by atoms with E-state index >= 15 is 0 Å². The zero-order valence-electron chi connectivity index (χ0n) is 9.20. The second-order valence-electron chi connectivity index (χ2n) is 4.54. The minimum absolute atomic E-state index is 0.749.